The molecular formula is C19H23NO4. The van der Waals surface area contributed by atoms with E-state index < -0.39 is 0 Å². The molecule has 1 aliphatic rings. The van der Waals surface area contributed by atoms with E-state index in [9.17, 15) is 5.11 Å². The molecule has 24 heavy (non-hydrogen) atoms. The van der Waals surface area contributed by atoms with Gasteiger partial charge in [-0.05, 0) is 60.3 Å². The summed E-state index contributed by atoms with van der Waals surface area (Å²) in [4.78, 5) is 0. The number of methoxy groups -OCH3 is 3. The van der Waals surface area contributed by atoms with Crippen molar-refractivity contribution in [2.75, 3.05) is 27.9 Å². The lowest BCUT2D eigenvalue weighted by Gasteiger charge is -2.28. The minimum absolute atomic E-state index is 0.142. The number of hydrogen-bond donors (Lipinski definition) is 2. The van der Waals surface area contributed by atoms with Crippen LogP contribution in [0.3, 0.4) is 0 Å². The van der Waals surface area contributed by atoms with E-state index in [1.165, 1.54) is 5.56 Å². The maximum atomic E-state index is 10.1. The van der Waals surface area contributed by atoms with Gasteiger partial charge in [-0.3, -0.25) is 0 Å². The minimum Gasteiger partial charge on any atom is -0.504 e. The average Bonchev–Trinajstić information content (AvgIpc) is 2.61. The van der Waals surface area contributed by atoms with Gasteiger partial charge in [0.15, 0.2) is 23.0 Å². The zero-order chi connectivity index (χ0) is 17.1. The molecular weight excluding hydrogens is 306 g/mol. The van der Waals surface area contributed by atoms with Crippen molar-refractivity contribution in [1.82, 2.24) is 5.32 Å². The van der Waals surface area contributed by atoms with Crippen LogP contribution in [0, 0.1) is 0 Å². The Morgan fingerprint density at radius 3 is 2.46 bits per heavy atom. The minimum atomic E-state index is 0.142. The zero-order valence-electron chi connectivity index (χ0n) is 14.3. The van der Waals surface area contributed by atoms with Gasteiger partial charge >= 0.3 is 0 Å². The molecule has 128 valence electrons. The lowest BCUT2D eigenvalue weighted by molar-refractivity contribution is 0.354. The standard InChI is InChI=1S/C19H23NO4/c1-22-17-5-4-12(9-19(17)24-3)8-15-14-11-16(21)18(23-2)10-13(14)6-7-20-15/h4-5,9-11,15,20-21H,6-8H2,1-3H3/t15-/m0/s1. The number of fused-ring (bicyclic) bond motifs is 1. The third-order valence-corrected chi connectivity index (χ3v) is 4.49. The van der Waals surface area contributed by atoms with Crippen molar-refractivity contribution in [3.63, 3.8) is 0 Å². The lowest BCUT2D eigenvalue weighted by Crippen LogP contribution is -2.31. The number of benzene rings is 2. The Balaban J connectivity index is 1.89. The van der Waals surface area contributed by atoms with Crippen molar-refractivity contribution in [3.05, 3.63) is 47.0 Å². The largest absolute Gasteiger partial charge is 0.504 e. The molecule has 0 fully saturated rings. The SMILES string of the molecule is COc1cc2c(cc1O)[C@H](Cc1ccc(OC)c(OC)c1)NCC2. The summed E-state index contributed by atoms with van der Waals surface area (Å²) in [5, 5.41) is 13.6. The predicted molar refractivity (Wildman–Crippen MR) is 92.4 cm³/mol. The zero-order valence-corrected chi connectivity index (χ0v) is 14.3. The molecule has 0 unspecified atom stereocenters. The van der Waals surface area contributed by atoms with Crippen molar-refractivity contribution in [2.24, 2.45) is 0 Å². The summed E-state index contributed by atoms with van der Waals surface area (Å²) < 4.78 is 15.9. The van der Waals surface area contributed by atoms with Crippen LogP contribution < -0.4 is 19.5 Å². The van der Waals surface area contributed by atoms with Gasteiger partial charge in [-0.25, -0.2) is 0 Å². The Bertz CT molecular complexity index is 730. The first kappa shape index (κ1) is 16.5. The topological polar surface area (TPSA) is 60.0 Å². The van der Waals surface area contributed by atoms with Gasteiger partial charge in [0.05, 0.1) is 21.3 Å². The van der Waals surface area contributed by atoms with E-state index in [0.717, 1.165) is 42.0 Å². The van der Waals surface area contributed by atoms with E-state index in [2.05, 4.69) is 5.32 Å². The summed E-state index contributed by atoms with van der Waals surface area (Å²) in [5.74, 6) is 2.15. The normalized spacial score (nSPS) is 16.4. The number of rotatable bonds is 5. The Morgan fingerprint density at radius 1 is 1.00 bits per heavy atom. The van der Waals surface area contributed by atoms with Crippen molar-refractivity contribution < 1.29 is 19.3 Å². The van der Waals surface area contributed by atoms with Gasteiger partial charge in [-0.15, -0.1) is 0 Å². The smallest absolute Gasteiger partial charge is 0.160 e. The molecule has 2 N–H and O–H groups in total. The van der Waals surface area contributed by atoms with Gasteiger partial charge in [0.1, 0.15) is 0 Å². The molecule has 3 rings (SSSR count). The Labute approximate surface area is 142 Å². The predicted octanol–water partition coefficient (Wildman–Crippen LogP) is 2.85. The molecule has 2 aromatic rings. The van der Waals surface area contributed by atoms with Crippen LogP contribution in [0.25, 0.3) is 0 Å². The molecule has 5 nitrogen and oxygen atoms in total. The number of phenols is 1. The molecule has 0 bridgehead atoms. The Kier molecular flexibility index (Phi) is 4.81. The summed E-state index contributed by atoms with van der Waals surface area (Å²) in [6, 6.07) is 9.85. The summed E-state index contributed by atoms with van der Waals surface area (Å²) in [7, 11) is 4.84. The van der Waals surface area contributed by atoms with Gasteiger partial charge in [-0.2, -0.15) is 0 Å². The highest BCUT2D eigenvalue weighted by atomic mass is 16.5. The summed E-state index contributed by atoms with van der Waals surface area (Å²) >= 11 is 0. The highest BCUT2D eigenvalue weighted by Crippen LogP contribution is 2.36. The highest BCUT2D eigenvalue weighted by Gasteiger charge is 2.22. The number of aromatic hydroxyl groups is 1. The van der Waals surface area contributed by atoms with Gasteiger partial charge in [0.2, 0.25) is 0 Å². The van der Waals surface area contributed by atoms with Crippen molar-refractivity contribution >= 4 is 0 Å². The molecule has 0 spiro atoms. The molecule has 0 amide bonds. The molecule has 2 aromatic carbocycles. The van der Waals surface area contributed by atoms with Crippen molar-refractivity contribution in [1.29, 1.82) is 0 Å². The summed E-state index contributed by atoms with van der Waals surface area (Å²) in [5.41, 5.74) is 3.48. The second kappa shape index (κ2) is 7.01. The highest BCUT2D eigenvalue weighted by molar-refractivity contribution is 5.49. The van der Waals surface area contributed by atoms with E-state index in [0.29, 0.717) is 5.75 Å². The molecule has 0 radical (unpaired) electrons. The number of phenolic OH excluding ortho intramolecular Hbond substituents is 1. The van der Waals surface area contributed by atoms with E-state index in [1.54, 1.807) is 21.3 Å². The molecule has 0 aliphatic carbocycles. The molecule has 5 heteroatoms. The summed E-state index contributed by atoms with van der Waals surface area (Å²) in [6.45, 7) is 0.902. The van der Waals surface area contributed by atoms with Gasteiger partial charge < -0.3 is 24.6 Å². The van der Waals surface area contributed by atoms with E-state index in [4.69, 9.17) is 14.2 Å². The first-order chi connectivity index (χ1) is 11.7. The molecule has 1 atom stereocenters. The van der Waals surface area contributed by atoms with Crippen LogP contribution in [0.15, 0.2) is 30.3 Å². The first-order valence-electron chi connectivity index (χ1n) is 8.00. The number of nitrogens with one attached hydrogen (secondary N) is 1. The van der Waals surface area contributed by atoms with Crippen LogP contribution in [0.5, 0.6) is 23.0 Å². The van der Waals surface area contributed by atoms with E-state index >= 15 is 0 Å². The van der Waals surface area contributed by atoms with Gasteiger partial charge in [0.25, 0.3) is 0 Å². The molecule has 1 heterocycles. The van der Waals surface area contributed by atoms with E-state index in [-0.39, 0.29) is 11.8 Å². The van der Waals surface area contributed by atoms with Crippen LogP contribution >= 0.6 is 0 Å². The lowest BCUT2D eigenvalue weighted by atomic mass is 9.90. The molecule has 0 saturated heterocycles. The number of hydrogen-bond acceptors (Lipinski definition) is 5. The van der Waals surface area contributed by atoms with Gasteiger partial charge in [-0.1, -0.05) is 6.07 Å². The first-order valence-corrected chi connectivity index (χ1v) is 8.00. The Morgan fingerprint density at radius 2 is 1.75 bits per heavy atom. The fourth-order valence-corrected chi connectivity index (χ4v) is 3.25. The fourth-order valence-electron chi connectivity index (χ4n) is 3.25. The maximum Gasteiger partial charge on any atom is 0.160 e. The van der Waals surface area contributed by atoms with Crippen LogP contribution in [0.2, 0.25) is 0 Å². The quantitative estimate of drug-likeness (QED) is 0.883. The van der Waals surface area contributed by atoms with Crippen molar-refractivity contribution in [2.45, 2.75) is 18.9 Å². The second-order valence-electron chi connectivity index (χ2n) is 5.87. The van der Waals surface area contributed by atoms with Crippen LogP contribution in [-0.4, -0.2) is 33.0 Å². The molecule has 0 aromatic heterocycles. The Hall–Kier alpha value is -2.40. The third-order valence-electron chi connectivity index (χ3n) is 4.49. The third kappa shape index (κ3) is 3.12. The fraction of sp³-hybridized carbons (Fsp3) is 0.368. The van der Waals surface area contributed by atoms with Crippen LogP contribution in [0.1, 0.15) is 22.7 Å². The van der Waals surface area contributed by atoms with Crippen LogP contribution in [0.4, 0.5) is 0 Å². The van der Waals surface area contributed by atoms with Gasteiger partial charge in [0, 0.05) is 6.04 Å². The maximum absolute atomic E-state index is 10.1. The average molecular weight is 329 g/mol. The monoisotopic (exact) mass is 329 g/mol. The summed E-state index contributed by atoms with van der Waals surface area (Å²) in [6.07, 6.45) is 1.73. The van der Waals surface area contributed by atoms with Crippen LogP contribution in [-0.2, 0) is 12.8 Å². The van der Waals surface area contributed by atoms with E-state index in [1.807, 2.05) is 30.3 Å². The second-order valence-corrected chi connectivity index (χ2v) is 5.87. The van der Waals surface area contributed by atoms with Crippen molar-refractivity contribution in [3.8, 4) is 23.0 Å². The molecule has 1 aliphatic heterocycles. The number of ether oxygens (including phenoxy) is 3. The molecule has 0 saturated carbocycles.